The molecule has 1 aromatic carbocycles. The molecule has 3 N–H and O–H groups in total. The molecular formula is C17H22N4O2. The molecular weight excluding hydrogens is 292 g/mol. The first kappa shape index (κ1) is 16.9. The van der Waals surface area contributed by atoms with E-state index in [-0.39, 0.29) is 24.5 Å². The van der Waals surface area contributed by atoms with E-state index in [2.05, 4.69) is 20.6 Å². The summed E-state index contributed by atoms with van der Waals surface area (Å²) in [5.41, 5.74) is 1.25. The Morgan fingerprint density at radius 2 is 2.00 bits per heavy atom. The third kappa shape index (κ3) is 4.75. The maximum atomic E-state index is 12.4. The van der Waals surface area contributed by atoms with Crippen LogP contribution in [0.2, 0.25) is 0 Å². The Balaban J connectivity index is 2.08. The molecule has 0 aliphatic heterocycles. The largest absolute Gasteiger partial charge is 0.394 e. The molecule has 0 saturated carbocycles. The molecule has 2 rings (SSSR count). The van der Waals surface area contributed by atoms with E-state index in [0.717, 1.165) is 12.1 Å². The Hall–Kier alpha value is -2.47. The van der Waals surface area contributed by atoms with E-state index in [4.69, 9.17) is 0 Å². The van der Waals surface area contributed by atoms with Crippen LogP contribution in [0.3, 0.4) is 0 Å². The van der Waals surface area contributed by atoms with Gasteiger partial charge in [-0.2, -0.15) is 0 Å². The molecule has 0 unspecified atom stereocenters. The number of aliphatic hydroxyl groups excluding tert-OH is 1. The van der Waals surface area contributed by atoms with Gasteiger partial charge in [-0.05, 0) is 30.2 Å². The number of nitrogens with one attached hydrogen (secondary N) is 2. The highest BCUT2D eigenvalue weighted by Crippen LogP contribution is 2.15. The SMILES string of the molecule is CC[C@H](C)[C@H](CO)NC(=O)c1cccc(Nc2ncccn2)c1. The van der Waals surface area contributed by atoms with Crippen LogP contribution >= 0.6 is 0 Å². The van der Waals surface area contributed by atoms with Gasteiger partial charge in [0.2, 0.25) is 5.95 Å². The van der Waals surface area contributed by atoms with Crippen molar-refractivity contribution in [2.75, 3.05) is 11.9 Å². The van der Waals surface area contributed by atoms with E-state index in [1.54, 1.807) is 36.7 Å². The molecule has 0 aliphatic carbocycles. The molecule has 1 heterocycles. The number of aromatic nitrogens is 2. The summed E-state index contributed by atoms with van der Waals surface area (Å²) in [6.07, 6.45) is 4.17. The van der Waals surface area contributed by atoms with Gasteiger partial charge in [-0.1, -0.05) is 26.3 Å². The van der Waals surface area contributed by atoms with Crippen LogP contribution in [-0.2, 0) is 0 Å². The monoisotopic (exact) mass is 314 g/mol. The minimum absolute atomic E-state index is 0.0729. The molecule has 0 fully saturated rings. The van der Waals surface area contributed by atoms with Gasteiger partial charge in [0.1, 0.15) is 0 Å². The van der Waals surface area contributed by atoms with Crippen molar-refractivity contribution in [3.63, 3.8) is 0 Å². The summed E-state index contributed by atoms with van der Waals surface area (Å²) in [7, 11) is 0. The van der Waals surface area contributed by atoms with Gasteiger partial charge < -0.3 is 15.7 Å². The summed E-state index contributed by atoms with van der Waals surface area (Å²) < 4.78 is 0. The minimum atomic E-state index is -0.249. The fourth-order valence-corrected chi connectivity index (χ4v) is 2.14. The van der Waals surface area contributed by atoms with Crippen molar-refractivity contribution in [3.05, 3.63) is 48.3 Å². The van der Waals surface area contributed by atoms with E-state index >= 15 is 0 Å². The summed E-state index contributed by atoms with van der Waals surface area (Å²) in [6.45, 7) is 3.96. The average Bonchev–Trinajstić information content (AvgIpc) is 2.60. The Kier molecular flexibility index (Phi) is 6.05. The smallest absolute Gasteiger partial charge is 0.251 e. The summed E-state index contributed by atoms with van der Waals surface area (Å²) in [5.74, 6) is 0.475. The van der Waals surface area contributed by atoms with Crippen molar-refractivity contribution >= 4 is 17.5 Å². The number of hydrogen-bond donors (Lipinski definition) is 3. The number of rotatable bonds is 7. The van der Waals surface area contributed by atoms with Crippen LogP contribution in [0.15, 0.2) is 42.7 Å². The molecule has 1 aromatic heterocycles. The van der Waals surface area contributed by atoms with Gasteiger partial charge in [0, 0.05) is 23.6 Å². The van der Waals surface area contributed by atoms with Crippen LogP contribution in [0.1, 0.15) is 30.6 Å². The number of aliphatic hydroxyl groups is 1. The van der Waals surface area contributed by atoms with Gasteiger partial charge in [-0.25, -0.2) is 9.97 Å². The fourth-order valence-electron chi connectivity index (χ4n) is 2.14. The number of carbonyl (C=O) groups is 1. The maximum Gasteiger partial charge on any atom is 0.251 e. The minimum Gasteiger partial charge on any atom is -0.394 e. The Bertz CT molecular complexity index is 634. The second kappa shape index (κ2) is 8.24. The molecule has 0 aliphatic rings. The summed E-state index contributed by atoms with van der Waals surface area (Å²) >= 11 is 0. The predicted octanol–water partition coefficient (Wildman–Crippen LogP) is 2.36. The lowest BCUT2D eigenvalue weighted by Gasteiger charge is -2.22. The molecule has 6 heteroatoms. The molecule has 0 bridgehead atoms. The third-order valence-corrected chi connectivity index (χ3v) is 3.79. The molecule has 1 amide bonds. The Morgan fingerprint density at radius 1 is 1.26 bits per heavy atom. The van der Waals surface area contributed by atoms with Crippen molar-refractivity contribution in [1.29, 1.82) is 0 Å². The third-order valence-electron chi connectivity index (χ3n) is 3.79. The van der Waals surface area contributed by atoms with Gasteiger partial charge >= 0.3 is 0 Å². The van der Waals surface area contributed by atoms with Crippen LogP contribution < -0.4 is 10.6 Å². The number of anilines is 2. The summed E-state index contributed by atoms with van der Waals surface area (Å²) in [5, 5.41) is 15.4. The number of carbonyl (C=O) groups excluding carboxylic acids is 1. The van der Waals surface area contributed by atoms with Crippen molar-refractivity contribution in [1.82, 2.24) is 15.3 Å². The van der Waals surface area contributed by atoms with E-state index in [1.165, 1.54) is 0 Å². The number of nitrogens with zero attached hydrogens (tertiary/aromatic N) is 2. The first-order valence-corrected chi connectivity index (χ1v) is 7.69. The van der Waals surface area contributed by atoms with E-state index < -0.39 is 0 Å². The molecule has 23 heavy (non-hydrogen) atoms. The zero-order chi connectivity index (χ0) is 16.7. The zero-order valence-electron chi connectivity index (χ0n) is 13.4. The topological polar surface area (TPSA) is 87.1 Å². The van der Waals surface area contributed by atoms with Gasteiger partial charge in [0.05, 0.1) is 12.6 Å². The molecule has 0 saturated heterocycles. The molecule has 2 aromatic rings. The molecule has 0 spiro atoms. The maximum absolute atomic E-state index is 12.4. The highest BCUT2D eigenvalue weighted by molar-refractivity contribution is 5.95. The van der Waals surface area contributed by atoms with E-state index in [9.17, 15) is 9.90 Å². The van der Waals surface area contributed by atoms with Gasteiger partial charge in [-0.3, -0.25) is 4.79 Å². The lowest BCUT2D eigenvalue weighted by molar-refractivity contribution is 0.0891. The van der Waals surface area contributed by atoms with Crippen LogP contribution in [0.5, 0.6) is 0 Å². The second-order valence-electron chi connectivity index (χ2n) is 5.43. The molecule has 0 radical (unpaired) electrons. The number of amides is 1. The lowest BCUT2D eigenvalue weighted by Crippen LogP contribution is -2.41. The first-order chi connectivity index (χ1) is 11.1. The van der Waals surface area contributed by atoms with E-state index in [0.29, 0.717) is 11.5 Å². The highest BCUT2D eigenvalue weighted by atomic mass is 16.3. The number of hydrogen-bond acceptors (Lipinski definition) is 5. The standard InChI is InChI=1S/C17H22N4O2/c1-3-12(2)15(11-22)21-16(23)13-6-4-7-14(10-13)20-17-18-8-5-9-19-17/h4-10,12,15,22H,3,11H2,1-2H3,(H,21,23)(H,18,19,20)/t12-,15-/m0/s1. The highest BCUT2D eigenvalue weighted by Gasteiger charge is 2.18. The van der Waals surface area contributed by atoms with Crippen molar-refractivity contribution in [3.8, 4) is 0 Å². The van der Waals surface area contributed by atoms with Gasteiger partial charge in [-0.15, -0.1) is 0 Å². The normalized spacial score (nSPS) is 13.2. The zero-order valence-corrected chi connectivity index (χ0v) is 13.4. The summed E-state index contributed by atoms with van der Waals surface area (Å²) in [6, 6.07) is 8.58. The first-order valence-electron chi connectivity index (χ1n) is 7.69. The van der Waals surface area contributed by atoms with Crippen LogP contribution in [0.25, 0.3) is 0 Å². The Morgan fingerprint density at radius 3 is 2.65 bits per heavy atom. The van der Waals surface area contributed by atoms with Gasteiger partial charge in [0.15, 0.2) is 0 Å². The van der Waals surface area contributed by atoms with Crippen LogP contribution in [-0.4, -0.2) is 33.6 Å². The van der Waals surface area contributed by atoms with Gasteiger partial charge in [0.25, 0.3) is 5.91 Å². The predicted molar refractivity (Wildman–Crippen MR) is 89.6 cm³/mol. The second-order valence-corrected chi connectivity index (χ2v) is 5.43. The Labute approximate surface area is 136 Å². The van der Waals surface area contributed by atoms with Crippen molar-refractivity contribution < 1.29 is 9.90 Å². The molecule has 6 nitrogen and oxygen atoms in total. The van der Waals surface area contributed by atoms with E-state index in [1.807, 2.05) is 19.9 Å². The van der Waals surface area contributed by atoms with Crippen LogP contribution in [0, 0.1) is 5.92 Å². The van der Waals surface area contributed by atoms with Crippen molar-refractivity contribution in [2.45, 2.75) is 26.3 Å². The van der Waals surface area contributed by atoms with Crippen molar-refractivity contribution in [2.24, 2.45) is 5.92 Å². The quantitative estimate of drug-likeness (QED) is 0.730. The molecule has 2 atom stereocenters. The van der Waals surface area contributed by atoms with Crippen LogP contribution in [0.4, 0.5) is 11.6 Å². The lowest BCUT2D eigenvalue weighted by atomic mass is 9.99. The summed E-state index contributed by atoms with van der Waals surface area (Å²) in [4.78, 5) is 20.5. The fraction of sp³-hybridized carbons (Fsp3) is 0.353. The molecule has 122 valence electrons. The average molecular weight is 314 g/mol. The number of benzene rings is 1.